The molecule has 0 unspecified atom stereocenters. The van der Waals surface area contributed by atoms with Gasteiger partial charge in [-0.15, -0.1) is 0 Å². The molecule has 20 heavy (non-hydrogen) atoms. The van der Waals surface area contributed by atoms with Gasteiger partial charge in [0.1, 0.15) is 5.82 Å². The lowest BCUT2D eigenvalue weighted by Crippen LogP contribution is -2.30. The van der Waals surface area contributed by atoms with Crippen LogP contribution in [0.3, 0.4) is 0 Å². The molecule has 0 aliphatic carbocycles. The smallest absolute Gasteiger partial charge is 0.128 e. The molecule has 1 aliphatic rings. The maximum atomic E-state index is 4.58. The van der Waals surface area contributed by atoms with Crippen LogP contribution in [0.1, 0.15) is 24.8 Å². The number of piperidine rings is 1. The van der Waals surface area contributed by atoms with Gasteiger partial charge >= 0.3 is 0 Å². The Labute approximate surface area is 120 Å². The van der Waals surface area contributed by atoms with Gasteiger partial charge in [-0.1, -0.05) is 30.3 Å². The first kappa shape index (κ1) is 13.0. The van der Waals surface area contributed by atoms with Crippen LogP contribution in [0.15, 0.2) is 48.7 Å². The standard InChI is InChI=1S/C17H21N3/c1-3-7-15(8-4-1)13-18-16-9-10-17(19-14-16)20-11-5-2-6-12-20/h1,3-4,7-10,14,18H,2,5-6,11-13H2. The van der Waals surface area contributed by atoms with Crippen molar-refractivity contribution in [2.45, 2.75) is 25.8 Å². The molecule has 3 rings (SSSR count). The van der Waals surface area contributed by atoms with Gasteiger partial charge < -0.3 is 10.2 Å². The van der Waals surface area contributed by atoms with Crippen LogP contribution >= 0.6 is 0 Å². The Balaban J connectivity index is 1.58. The molecule has 0 amide bonds. The molecule has 1 fully saturated rings. The Hall–Kier alpha value is -2.03. The van der Waals surface area contributed by atoms with E-state index in [9.17, 15) is 0 Å². The van der Waals surface area contributed by atoms with Gasteiger partial charge in [0.15, 0.2) is 0 Å². The average Bonchev–Trinajstić information content (AvgIpc) is 2.55. The zero-order valence-electron chi connectivity index (χ0n) is 11.8. The number of anilines is 2. The minimum Gasteiger partial charge on any atom is -0.380 e. The van der Waals surface area contributed by atoms with Crippen LogP contribution in [0.4, 0.5) is 11.5 Å². The molecule has 1 saturated heterocycles. The van der Waals surface area contributed by atoms with Gasteiger partial charge in [-0.3, -0.25) is 0 Å². The third-order valence-electron chi connectivity index (χ3n) is 3.77. The second-order valence-corrected chi connectivity index (χ2v) is 5.29. The van der Waals surface area contributed by atoms with Crippen molar-refractivity contribution < 1.29 is 0 Å². The molecule has 1 aromatic heterocycles. The normalized spacial score (nSPS) is 15.1. The molecule has 1 N–H and O–H groups in total. The van der Waals surface area contributed by atoms with Crippen molar-refractivity contribution in [3.63, 3.8) is 0 Å². The number of aromatic nitrogens is 1. The molecule has 1 aromatic carbocycles. The largest absolute Gasteiger partial charge is 0.380 e. The summed E-state index contributed by atoms with van der Waals surface area (Å²) < 4.78 is 0. The average molecular weight is 267 g/mol. The van der Waals surface area contributed by atoms with E-state index >= 15 is 0 Å². The maximum Gasteiger partial charge on any atom is 0.128 e. The molecule has 104 valence electrons. The van der Waals surface area contributed by atoms with Crippen LogP contribution in [0, 0.1) is 0 Å². The summed E-state index contributed by atoms with van der Waals surface area (Å²) in [4.78, 5) is 6.96. The summed E-state index contributed by atoms with van der Waals surface area (Å²) in [6, 6.07) is 14.7. The fourth-order valence-electron chi connectivity index (χ4n) is 2.60. The Bertz CT molecular complexity index is 516. The molecule has 0 spiro atoms. The van der Waals surface area contributed by atoms with Crippen LogP contribution in [0.5, 0.6) is 0 Å². The van der Waals surface area contributed by atoms with Crippen molar-refractivity contribution in [3.05, 3.63) is 54.2 Å². The van der Waals surface area contributed by atoms with Gasteiger partial charge in [-0.25, -0.2) is 4.98 Å². The molecule has 3 heteroatoms. The number of benzene rings is 1. The van der Waals surface area contributed by atoms with Crippen molar-refractivity contribution >= 4 is 11.5 Å². The predicted octanol–water partition coefficient (Wildman–Crippen LogP) is 3.68. The van der Waals surface area contributed by atoms with Crippen molar-refractivity contribution in [1.29, 1.82) is 0 Å². The topological polar surface area (TPSA) is 28.2 Å². The Morgan fingerprint density at radius 3 is 2.45 bits per heavy atom. The lowest BCUT2D eigenvalue weighted by Gasteiger charge is -2.27. The van der Waals surface area contributed by atoms with E-state index in [1.807, 2.05) is 12.3 Å². The van der Waals surface area contributed by atoms with Gasteiger partial charge in [0.2, 0.25) is 0 Å². The zero-order chi connectivity index (χ0) is 13.6. The summed E-state index contributed by atoms with van der Waals surface area (Å²) >= 11 is 0. The molecule has 0 radical (unpaired) electrons. The van der Waals surface area contributed by atoms with E-state index in [2.05, 4.69) is 51.6 Å². The van der Waals surface area contributed by atoms with Crippen molar-refractivity contribution in [1.82, 2.24) is 4.98 Å². The zero-order valence-corrected chi connectivity index (χ0v) is 11.8. The monoisotopic (exact) mass is 267 g/mol. The van der Waals surface area contributed by atoms with Crippen LogP contribution in [0.25, 0.3) is 0 Å². The number of hydrogen-bond acceptors (Lipinski definition) is 3. The fourth-order valence-corrected chi connectivity index (χ4v) is 2.60. The van der Waals surface area contributed by atoms with E-state index in [4.69, 9.17) is 0 Å². The second-order valence-electron chi connectivity index (χ2n) is 5.29. The molecule has 2 heterocycles. The van der Waals surface area contributed by atoms with E-state index in [-0.39, 0.29) is 0 Å². The molecular weight excluding hydrogens is 246 g/mol. The quantitative estimate of drug-likeness (QED) is 0.916. The summed E-state index contributed by atoms with van der Waals surface area (Å²) in [6.07, 6.45) is 5.87. The third-order valence-corrected chi connectivity index (χ3v) is 3.77. The molecule has 1 aliphatic heterocycles. The second kappa shape index (κ2) is 6.42. The van der Waals surface area contributed by atoms with Crippen molar-refractivity contribution in [3.8, 4) is 0 Å². The SMILES string of the molecule is c1ccc(CNc2ccc(N3CCCCC3)nc2)cc1. The van der Waals surface area contributed by atoms with Gasteiger partial charge in [0.25, 0.3) is 0 Å². The molecule has 0 atom stereocenters. The summed E-state index contributed by atoms with van der Waals surface area (Å²) in [7, 11) is 0. The van der Waals surface area contributed by atoms with E-state index < -0.39 is 0 Å². The summed E-state index contributed by atoms with van der Waals surface area (Å²) in [5.74, 6) is 1.11. The van der Waals surface area contributed by atoms with E-state index in [1.165, 1.54) is 24.8 Å². The molecular formula is C17H21N3. The first-order chi connectivity index (χ1) is 9.92. The first-order valence-corrected chi connectivity index (χ1v) is 7.41. The van der Waals surface area contributed by atoms with Gasteiger partial charge in [0, 0.05) is 19.6 Å². The fraction of sp³-hybridized carbons (Fsp3) is 0.353. The highest BCUT2D eigenvalue weighted by Gasteiger charge is 2.11. The Kier molecular flexibility index (Phi) is 4.16. The van der Waals surface area contributed by atoms with Crippen LogP contribution < -0.4 is 10.2 Å². The number of nitrogens with zero attached hydrogens (tertiary/aromatic N) is 2. The highest BCUT2D eigenvalue weighted by molar-refractivity contribution is 5.49. The Morgan fingerprint density at radius 2 is 1.75 bits per heavy atom. The van der Waals surface area contributed by atoms with Crippen molar-refractivity contribution in [2.75, 3.05) is 23.3 Å². The summed E-state index contributed by atoms with van der Waals surface area (Å²) in [5, 5.41) is 3.41. The predicted molar refractivity (Wildman–Crippen MR) is 84.1 cm³/mol. The molecule has 0 bridgehead atoms. The van der Waals surface area contributed by atoms with E-state index in [1.54, 1.807) is 0 Å². The number of rotatable bonds is 4. The van der Waals surface area contributed by atoms with Gasteiger partial charge in [0.05, 0.1) is 11.9 Å². The minimum absolute atomic E-state index is 0.839. The Morgan fingerprint density at radius 1 is 0.950 bits per heavy atom. The number of hydrogen-bond donors (Lipinski definition) is 1. The third kappa shape index (κ3) is 3.29. The van der Waals surface area contributed by atoms with Gasteiger partial charge in [-0.2, -0.15) is 0 Å². The lowest BCUT2D eigenvalue weighted by molar-refractivity contribution is 0.573. The van der Waals surface area contributed by atoms with E-state index in [0.29, 0.717) is 0 Å². The number of pyridine rings is 1. The van der Waals surface area contributed by atoms with Crippen LogP contribution in [0.2, 0.25) is 0 Å². The highest BCUT2D eigenvalue weighted by atomic mass is 15.2. The molecule has 2 aromatic rings. The van der Waals surface area contributed by atoms with Crippen molar-refractivity contribution in [2.24, 2.45) is 0 Å². The van der Waals surface area contributed by atoms with Crippen LogP contribution in [-0.4, -0.2) is 18.1 Å². The minimum atomic E-state index is 0.839. The molecule has 3 nitrogen and oxygen atoms in total. The summed E-state index contributed by atoms with van der Waals surface area (Å²) in [5.41, 5.74) is 2.36. The van der Waals surface area contributed by atoms with E-state index in [0.717, 1.165) is 31.1 Å². The maximum absolute atomic E-state index is 4.58. The molecule has 0 saturated carbocycles. The van der Waals surface area contributed by atoms with Gasteiger partial charge in [-0.05, 0) is 37.0 Å². The number of nitrogens with one attached hydrogen (secondary N) is 1. The van der Waals surface area contributed by atoms with Crippen LogP contribution in [-0.2, 0) is 6.54 Å². The first-order valence-electron chi connectivity index (χ1n) is 7.41. The lowest BCUT2D eigenvalue weighted by atomic mass is 10.1. The summed E-state index contributed by atoms with van der Waals surface area (Å²) in [6.45, 7) is 3.12. The highest BCUT2D eigenvalue weighted by Crippen LogP contribution is 2.19.